The van der Waals surface area contributed by atoms with E-state index in [-0.39, 0.29) is 16.1 Å². The van der Waals surface area contributed by atoms with Crippen LogP contribution < -0.4 is 4.74 Å². The van der Waals surface area contributed by atoms with E-state index >= 15 is 0 Å². The van der Waals surface area contributed by atoms with Crippen LogP contribution in [0.4, 0.5) is 0 Å². The minimum Gasteiger partial charge on any atom is -0.497 e. The number of benzene rings is 1. The fourth-order valence-electron chi connectivity index (χ4n) is 1.46. The monoisotopic (exact) mass is 270 g/mol. The summed E-state index contributed by atoms with van der Waals surface area (Å²) in [5.74, 6) is 0.712. The van der Waals surface area contributed by atoms with E-state index in [1.54, 1.807) is 31.4 Å². The lowest BCUT2D eigenvalue weighted by molar-refractivity contribution is 0.111. The molecule has 0 saturated heterocycles. The van der Waals surface area contributed by atoms with Crippen molar-refractivity contribution >= 4 is 29.5 Å². The molecular formula is C11H8Cl2N2O2. The van der Waals surface area contributed by atoms with Crippen molar-refractivity contribution in [3.8, 4) is 11.4 Å². The van der Waals surface area contributed by atoms with Gasteiger partial charge in [0.2, 0.25) is 5.28 Å². The molecule has 0 aliphatic rings. The quantitative estimate of drug-likeness (QED) is 0.806. The molecule has 0 radical (unpaired) electrons. The number of hydrogen-bond acceptors (Lipinski definition) is 3. The third kappa shape index (κ3) is 2.14. The molecule has 0 fully saturated rings. The van der Waals surface area contributed by atoms with Crippen LogP contribution in [-0.2, 0) is 0 Å². The van der Waals surface area contributed by atoms with Gasteiger partial charge in [-0.1, -0.05) is 11.6 Å². The Morgan fingerprint density at radius 2 is 1.94 bits per heavy atom. The first kappa shape index (κ1) is 12.0. The van der Waals surface area contributed by atoms with E-state index in [2.05, 4.69) is 4.98 Å². The van der Waals surface area contributed by atoms with Crippen molar-refractivity contribution in [1.29, 1.82) is 0 Å². The standard InChI is InChI=1S/C11H8Cl2N2O2/c1-17-8-4-2-7(3-5-8)15-9(6-16)10(12)14-11(15)13/h2-6H,1H3. The van der Waals surface area contributed by atoms with Gasteiger partial charge in [-0.15, -0.1) is 0 Å². The molecule has 4 nitrogen and oxygen atoms in total. The fraction of sp³-hybridized carbons (Fsp3) is 0.0909. The number of imidazole rings is 1. The van der Waals surface area contributed by atoms with E-state index in [0.29, 0.717) is 17.7 Å². The Balaban J connectivity index is 2.55. The van der Waals surface area contributed by atoms with Crippen molar-refractivity contribution in [3.05, 3.63) is 40.4 Å². The van der Waals surface area contributed by atoms with Gasteiger partial charge in [-0.25, -0.2) is 4.98 Å². The Morgan fingerprint density at radius 3 is 2.47 bits per heavy atom. The third-order valence-electron chi connectivity index (χ3n) is 2.27. The van der Waals surface area contributed by atoms with Gasteiger partial charge >= 0.3 is 0 Å². The number of carbonyl (C=O) groups is 1. The molecule has 1 heterocycles. The van der Waals surface area contributed by atoms with Crippen molar-refractivity contribution in [2.24, 2.45) is 0 Å². The van der Waals surface area contributed by atoms with E-state index in [1.165, 1.54) is 4.57 Å². The molecule has 1 aromatic heterocycles. The van der Waals surface area contributed by atoms with Gasteiger partial charge < -0.3 is 4.74 Å². The summed E-state index contributed by atoms with van der Waals surface area (Å²) in [5.41, 5.74) is 0.916. The molecule has 0 aliphatic heterocycles. The van der Waals surface area contributed by atoms with Crippen molar-refractivity contribution in [2.75, 3.05) is 7.11 Å². The van der Waals surface area contributed by atoms with Crippen LogP contribution in [0.15, 0.2) is 24.3 Å². The van der Waals surface area contributed by atoms with E-state index in [4.69, 9.17) is 27.9 Å². The van der Waals surface area contributed by atoms with Crippen LogP contribution in [0.2, 0.25) is 10.4 Å². The highest BCUT2D eigenvalue weighted by Gasteiger charge is 2.15. The van der Waals surface area contributed by atoms with Crippen molar-refractivity contribution in [1.82, 2.24) is 9.55 Å². The molecular weight excluding hydrogens is 263 g/mol. The van der Waals surface area contributed by atoms with Gasteiger partial charge in [0.1, 0.15) is 11.4 Å². The van der Waals surface area contributed by atoms with Crippen molar-refractivity contribution < 1.29 is 9.53 Å². The van der Waals surface area contributed by atoms with Crippen LogP contribution >= 0.6 is 23.2 Å². The van der Waals surface area contributed by atoms with Gasteiger partial charge in [0.15, 0.2) is 11.4 Å². The molecule has 0 bridgehead atoms. The van der Waals surface area contributed by atoms with Crippen LogP contribution in [0, 0.1) is 0 Å². The first-order chi connectivity index (χ1) is 8.17. The largest absolute Gasteiger partial charge is 0.497 e. The first-order valence-electron chi connectivity index (χ1n) is 4.70. The Hall–Kier alpha value is -1.52. The Labute approximate surface area is 108 Å². The van der Waals surface area contributed by atoms with E-state index in [1.807, 2.05) is 0 Å². The summed E-state index contributed by atoms with van der Waals surface area (Å²) in [6.45, 7) is 0. The first-order valence-corrected chi connectivity index (χ1v) is 5.46. The van der Waals surface area contributed by atoms with Gasteiger partial charge in [-0.2, -0.15) is 0 Å². The minimum atomic E-state index is 0.0841. The smallest absolute Gasteiger partial charge is 0.209 e. The average molecular weight is 271 g/mol. The predicted molar refractivity (Wildman–Crippen MR) is 65.5 cm³/mol. The summed E-state index contributed by atoms with van der Waals surface area (Å²) < 4.78 is 6.51. The zero-order chi connectivity index (χ0) is 12.4. The van der Waals surface area contributed by atoms with Crippen LogP contribution in [0.25, 0.3) is 5.69 Å². The fourth-order valence-corrected chi connectivity index (χ4v) is 1.98. The number of ether oxygens (including phenoxy) is 1. The second kappa shape index (κ2) is 4.77. The van der Waals surface area contributed by atoms with Crippen molar-refractivity contribution in [2.45, 2.75) is 0 Å². The molecule has 2 aromatic rings. The Bertz CT molecular complexity index is 549. The summed E-state index contributed by atoms with van der Waals surface area (Å²) in [5, 5.41) is 0.225. The van der Waals surface area contributed by atoms with Gasteiger partial charge in [0.25, 0.3) is 0 Å². The van der Waals surface area contributed by atoms with Gasteiger partial charge in [0.05, 0.1) is 7.11 Å². The lowest BCUT2D eigenvalue weighted by atomic mass is 10.3. The molecule has 0 aliphatic carbocycles. The Morgan fingerprint density at radius 1 is 1.29 bits per heavy atom. The molecule has 1 aromatic carbocycles. The highest BCUT2D eigenvalue weighted by molar-refractivity contribution is 6.34. The van der Waals surface area contributed by atoms with Crippen LogP contribution in [0.1, 0.15) is 10.5 Å². The molecule has 0 saturated carbocycles. The second-order valence-electron chi connectivity index (χ2n) is 3.21. The number of nitrogens with zero attached hydrogens (tertiary/aromatic N) is 2. The number of carbonyl (C=O) groups excluding carboxylic acids is 1. The highest BCUT2D eigenvalue weighted by atomic mass is 35.5. The molecule has 0 spiro atoms. The minimum absolute atomic E-state index is 0.0841. The highest BCUT2D eigenvalue weighted by Crippen LogP contribution is 2.25. The zero-order valence-corrected chi connectivity index (χ0v) is 10.4. The number of hydrogen-bond donors (Lipinski definition) is 0. The number of rotatable bonds is 3. The van der Waals surface area contributed by atoms with Gasteiger partial charge in [-0.05, 0) is 35.9 Å². The van der Waals surface area contributed by atoms with E-state index in [9.17, 15) is 4.79 Å². The Kier molecular flexibility index (Phi) is 3.36. The molecule has 2 rings (SSSR count). The maximum absolute atomic E-state index is 10.9. The summed E-state index contributed by atoms with van der Waals surface area (Å²) in [6.07, 6.45) is 0.617. The lowest BCUT2D eigenvalue weighted by Gasteiger charge is -2.06. The van der Waals surface area contributed by atoms with Crippen molar-refractivity contribution in [3.63, 3.8) is 0 Å². The summed E-state index contributed by atoms with van der Waals surface area (Å²) >= 11 is 11.7. The van der Waals surface area contributed by atoms with Gasteiger partial charge in [-0.3, -0.25) is 9.36 Å². The second-order valence-corrected chi connectivity index (χ2v) is 3.90. The van der Waals surface area contributed by atoms with E-state index < -0.39 is 0 Å². The molecule has 0 N–H and O–H groups in total. The van der Waals surface area contributed by atoms with E-state index in [0.717, 1.165) is 0 Å². The molecule has 0 amide bonds. The maximum Gasteiger partial charge on any atom is 0.209 e. The molecule has 0 unspecified atom stereocenters. The lowest BCUT2D eigenvalue weighted by Crippen LogP contribution is -1.99. The number of aromatic nitrogens is 2. The van der Waals surface area contributed by atoms with Crippen LogP contribution in [0.3, 0.4) is 0 Å². The predicted octanol–water partition coefficient (Wildman–Crippen LogP) is 3.00. The SMILES string of the molecule is COc1ccc(-n2c(Cl)nc(Cl)c2C=O)cc1. The van der Waals surface area contributed by atoms with Crippen LogP contribution in [-0.4, -0.2) is 22.9 Å². The average Bonchev–Trinajstić information content (AvgIpc) is 2.63. The number of aldehydes is 1. The number of methoxy groups -OCH3 is 1. The van der Waals surface area contributed by atoms with Crippen LogP contribution in [0.5, 0.6) is 5.75 Å². The summed E-state index contributed by atoms with van der Waals surface area (Å²) in [4.78, 5) is 14.8. The summed E-state index contributed by atoms with van der Waals surface area (Å²) in [7, 11) is 1.58. The molecule has 0 atom stereocenters. The molecule has 6 heteroatoms. The number of halogens is 2. The zero-order valence-electron chi connectivity index (χ0n) is 8.85. The van der Waals surface area contributed by atoms with Gasteiger partial charge in [0, 0.05) is 5.69 Å². The normalized spacial score (nSPS) is 10.3. The summed E-state index contributed by atoms with van der Waals surface area (Å²) in [6, 6.07) is 7.04. The topological polar surface area (TPSA) is 44.1 Å². The third-order valence-corrected chi connectivity index (χ3v) is 2.80. The molecule has 88 valence electrons. The maximum atomic E-state index is 10.9. The molecule has 17 heavy (non-hydrogen) atoms.